The van der Waals surface area contributed by atoms with Crippen LogP contribution in [0, 0.1) is 20.2 Å². The number of nitrogens with zero attached hydrogens (tertiary/aromatic N) is 2. The van der Waals surface area contributed by atoms with Gasteiger partial charge in [0.2, 0.25) is 5.91 Å². The van der Waals surface area contributed by atoms with Crippen molar-refractivity contribution in [3.05, 3.63) is 73.8 Å². The number of hydrogen-bond donors (Lipinski definition) is 5. The molecule has 0 saturated heterocycles. The van der Waals surface area contributed by atoms with Crippen molar-refractivity contribution in [2.45, 2.75) is 24.9 Å². The Morgan fingerprint density at radius 1 is 0.935 bits per heavy atom. The Balaban J connectivity index is 2.18. The van der Waals surface area contributed by atoms with Crippen LogP contribution in [-0.2, 0) is 22.4 Å². The molecule has 2 atom stereocenters. The van der Waals surface area contributed by atoms with E-state index in [1.54, 1.807) is 0 Å². The molecule has 31 heavy (non-hydrogen) atoms. The van der Waals surface area contributed by atoms with Crippen molar-refractivity contribution in [2.24, 2.45) is 0 Å². The lowest BCUT2D eigenvalue weighted by atomic mass is 10.0. The van der Waals surface area contributed by atoms with Gasteiger partial charge in [-0.15, -0.1) is 5.43 Å². The van der Waals surface area contributed by atoms with E-state index in [4.69, 9.17) is 0 Å². The van der Waals surface area contributed by atoms with Gasteiger partial charge in [-0.25, -0.2) is 14.9 Å². The van der Waals surface area contributed by atoms with Crippen molar-refractivity contribution in [3.63, 3.8) is 0 Å². The normalized spacial score (nSPS) is 12.4. The Labute approximate surface area is 174 Å². The van der Waals surface area contributed by atoms with Gasteiger partial charge < -0.3 is 20.6 Å². The van der Waals surface area contributed by atoms with E-state index in [1.165, 1.54) is 30.3 Å². The molecule has 0 aliphatic rings. The van der Waals surface area contributed by atoms with Crippen molar-refractivity contribution < 1.29 is 34.9 Å². The van der Waals surface area contributed by atoms with Crippen LogP contribution in [0.15, 0.2) is 42.5 Å². The summed E-state index contributed by atoms with van der Waals surface area (Å²) in [6, 6.07) is 5.82. The fraction of sp³-hybridized carbons (Fsp3) is 0.222. The smallest absolute Gasteiger partial charge is 0.326 e. The summed E-state index contributed by atoms with van der Waals surface area (Å²) < 4.78 is 0. The lowest BCUT2D eigenvalue weighted by molar-refractivity contribution is -0.548. The number of carbonyl (C=O) groups is 2. The highest BCUT2D eigenvalue weighted by atomic mass is 16.7. The van der Waals surface area contributed by atoms with Gasteiger partial charge in [-0.3, -0.25) is 14.9 Å². The highest BCUT2D eigenvalue weighted by Crippen LogP contribution is 2.26. The van der Waals surface area contributed by atoms with E-state index < -0.39 is 45.4 Å². The van der Waals surface area contributed by atoms with Gasteiger partial charge in [0.15, 0.2) is 16.8 Å². The van der Waals surface area contributed by atoms with E-state index in [0.717, 1.165) is 12.1 Å². The molecule has 0 saturated carbocycles. The monoisotopic (exact) mass is 434 g/mol. The minimum absolute atomic E-state index is 0.0408. The lowest BCUT2D eigenvalue weighted by Gasteiger charge is -2.19. The number of aromatic hydroxyl groups is 2. The summed E-state index contributed by atoms with van der Waals surface area (Å²) in [6.45, 7) is 0. The van der Waals surface area contributed by atoms with E-state index >= 15 is 0 Å². The fourth-order valence-corrected chi connectivity index (χ4v) is 2.74. The predicted molar refractivity (Wildman–Crippen MR) is 104 cm³/mol. The zero-order valence-electron chi connectivity index (χ0n) is 15.8. The Morgan fingerprint density at radius 2 is 1.52 bits per heavy atom. The number of carbonyl (C=O) groups excluding carboxylic acids is 1. The van der Waals surface area contributed by atoms with Crippen molar-refractivity contribution in [3.8, 4) is 11.5 Å². The van der Waals surface area contributed by atoms with Crippen LogP contribution in [0.4, 0.5) is 5.69 Å². The molecule has 0 unspecified atom stereocenters. The topological polar surface area (TPSA) is 205 Å². The summed E-state index contributed by atoms with van der Waals surface area (Å²) in [5.74, 6) is -3.09. The molecule has 2 rings (SSSR count). The molecule has 0 heterocycles. The van der Waals surface area contributed by atoms with E-state index in [2.05, 4.69) is 5.32 Å². The Hall–Kier alpha value is -4.42. The van der Waals surface area contributed by atoms with E-state index in [-0.39, 0.29) is 24.2 Å². The molecule has 0 aromatic heterocycles. The number of aliphatic carboxylic acids is 1. The second kappa shape index (κ2) is 9.87. The summed E-state index contributed by atoms with van der Waals surface area (Å²) in [6.07, 6.45) is -0.545. The average Bonchev–Trinajstić information content (AvgIpc) is 2.69. The number of nitro benzene ring substituents is 1. The van der Waals surface area contributed by atoms with Crippen LogP contribution in [0.2, 0.25) is 0 Å². The molecule has 0 aliphatic carbocycles. The van der Waals surface area contributed by atoms with Crippen molar-refractivity contribution in [1.82, 2.24) is 10.7 Å². The molecule has 2 aromatic carbocycles. The summed E-state index contributed by atoms with van der Waals surface area (Å²) in [5, 5.41) is 51.3. The van der Waals surface area contributed by atoms with Crippen molar-refractivity contribution in [1.29, 1.82) is 0 Å². The van der Waals surface area contributed by atoms with E-state index in [1.807, 2.05) is 5.43 Å². The van der Waals surface area contributed by atoms with Crippen LogP contribution in [0.25, 0.3) is 0 Å². The van der Waals surface area contributed by atoms with Gasteiger partial charge in [0, 0.05) is 18.9 Å². The molecule has 0 aliphatic heterocycles. The van der Waals surface area contributed by atoms with Crippen LogP contribution in [0.1, 0.15) is 11.1 Å². The molecule has 0 bridgehead atoms. The molecule has 1 amide bonds. The molecular weight excluding hydrogens is 416 g/mol. The summed E-state index contributed by atoms with van der Waals surface area (Å²) in [7, 11) is 0. The minimum Gasteiger partial charge on any atom is -0.508 e. The van der Waals surface area contributed by atoms with Crippen LogP contribution in [0.5, 0.6) is 11.5 Å². The van der Waals surface area contributed by atoms with Crippen LogP contribution >= 0.6 is 0 Å². The maximum atomic E-state index is 12.5. The van der Waals surface area contributed by atoms with Gasteiger partial charge >= 0.3 is 11.7 Å². The van der Waals surface area contributed by atoms with Gasteiger partial charge in [0.1, 0.15) is 11.8 Å². The number of carboxylic acid groups (broad SMARTS) is 1. The maximum absolute atomic E-state index is 12.5. The third-order valence-corrected chi connectivity index (χ3v) is 4.24. The van der Waals surface area contributed by atoms with Crippen molar-refractivity contribution in [2.75, 3.05) is 0 Å². The summed E-state index contributed by atoms with van der Waals surface area (Å²) in [4.78, 5) is 45.1. The second-order valence-corrected chi connectivity index (χ2v) is 6.49. The van der Waals surface area contributed by atoms with E-state index in [0.29, 0.717) is 5.56 Å². The zero-order valence-corrected chi connectivity index (χ0v) is 15.8. The summed E-state index contributed by atoms with van der Waals surface area (Å²) in [5.41, 5.74) is 1.80. The highest BCUT2D eigenvalue weighted by molar-refractivity contribution is 5.87. The molecule has 164 valence electrons. The quantitative estimate of drug-likeness (QED) is 0.259. The van der Waals surface area contributed by atoms with Crippen LogP contribution in [0.3, 0.4) is 0 Å². The third kappa shape index (κ3) is 6.56. The van der Waals surface area contributed by atoms with Crippen molar-refractivity contribution >= 4 is 17.6 Å². The van der Waals surface area contributed by atoms with E-state index in [9.17, 15) is 45.1 Å². The lowest BCUT2D eigenvalue weighted by Crippen LogP contribution is -2.53. The molecule has 0 fully saturated rings. The molecule has 0 radical (unpaired) electrons. The number of rotatable bonds is 10. The first kappa shape index (κ1) is 22.9. The van der Waals surface area contributed by atoms with Gasteiger partial charge in [0.05, 0.1) is 4.92 Å². The molecule has 0 spiro atoms. The first-order valence-electron chi connectivity index (χ1n) is 8.74. The molecule has 2 aromatic rings. The number of carboxylic acids is 1. The number of hydrazine groups is 1. The molecule has 13 nitrogen and oxygen atoms in total. The van der Waals surface area contributed by atoms with Gasteiger partial charge in [-0.1, -0.05) is 18.2 Å². The maximum Gasteiger partial charge on any atom is 0.326 e. The first-order chi connectivity index (χ1) is 14.6. The van der Waals surface area contributed by atoms with Gasteiger partial charge in [0.25, 0.3) is 0 Å². The first-order valence-corrected chi connectivity index (χ1v) is 8.74. The predicted octanol–water partition coefficient (Wildman–Crippen LogP) is 0.510. The van der Waals surface area contributed by atoms with Gasteiger partial charge in [-0.05, 0) is 29.3 Å². The number of nitrogens with one attached hydrogen (secondary N) is 2. The third-order valence-electron chi connectivity index (χ3n) is 4.24. The second-order valence-electron chi connectivity index (χ2n) is 6.49. The number of amides is 1. The fourth-order valence-electron chi connectivity index (χ4n) is 2.74. The zero-order chi connectivity index (χ0) is 23.1. The number of phenolic OH excluding ortho intramolecular Hbond substituents is 2. The SMILES string of the molecule is O=C(O)[C@H](Cc1ccc(O)c([N+](=O)[O-])c1)NC(=O)[C@H](Cc1ccc(O)cc1)N[N+](=O)[O-]. The standard InChI is InChI=1S/C18H18N4O9/c23-12-4-1-10(2-5-12)7-13(20-22(30)31)17(25)19-14(18(26)27)8-11-3-6-16(24)15(9-11)21(28)29/h1-6,9,13-14,20,23-24H,7-8H2,(H,19,25)(H,26,27)/t13-,14-/m0/s1. The highest BCUT2D eigenvalue weighted by Gasteiger charge is 2.29. The average molecular weight is 434 g/mol. The molecule has 13 heteroatoms. The number of hydrogen-bond acceptors (Lipinski definition) is 8. The minimum atomic E-state index is -1.55. The Bertz CT molecular complexity index is 994. The summed E-state index contributed by atoms with van der Waals surface area (Å²) >= 11 is 0. The van der Waals surface area contributed by atoms with Crippen LogP contribution in [-0.4, -0.2) is 49.2 Å². The van der Waals surface area contributed by atoms with Crippen LogP contribution < -0.4 is 10.7 Å². The number of nitro groups is 2. The Kier molecular flexibility index (Phi) is 7.28. The van der Waals surface area contributed by atoms with Gasteiger partial charge in [-0.2, -0.15) is 0 Å². The molecule has 5 N–H and O–H groups in total. The molecular formula is C18H18N4O9. The number of benzene rings is 2. The number of phenols is 2. The Morgan fingerprint density at radius 3 is 2.06 bits per heavy atom. The largest absolute Gasteiger partial charge is 0.508 e.